The van der Waals surface area contributed by atoms with E-state index < -0.39 is 0 Å². The van der Waals surface area contributed by atoms with Gasteiger partial charge in [-0.2, -0.15) is 11.8 Å². The van der Waals surface area contributed by atoms with Gasteiger partial charge in [-0.15, -0.1) is 24.2 Å². The van der Waals surface area contributed by atoms with Crippen LogP contribution in [0, 0.1) is 0 Å². The summed E-state index contributed by atoms with van der Waals surface area (Å²) in [7, 11) is 0. The molecule has 1 heterocycles. The van der Waals surface area contributed by atoms with Gasteiger partial charge in [0.1, 0.15) is 0 Å². The Labute approximate surface area is 116 Å². The van der Waals surface area contributed by atoms with E-state index >= 15 is 0 Å². The van der Waals surface area contributed by atoms with Crippen LogP contribution >= 0.6 is 35.9 Å². The molecule has 0 unspecified atom stereocenters. The molecule has 0 aliphatic carbocycles. The van der Waals surface area contributed by atoms with Gasteiger partial charge in [0.05, 0.1) is 0 Å². The molecule has 0 bridgehead atoms. The highest BCUT2D eigenvalue weighted by Gasteiger charge is 2.10. The van der Waals surface area contributed by atoms with Crippen molar-refractivity contribution in [1.82, 2.24) is 4.90 Å². The summed E-state index contributed by atoms with van der Waals surface area (Å²) in [5, 5.41) is 0. The fourth-order valence-corrected chi connectivity index (χ4v) is 3.73. The van der Waals surface area contributed by atoms with Crippen molar-refractivity contribution in [2.24, 2.45) is 0 Å². The van der Waals surface area contributed by atoms with Crippen LogP contribution in [0.2, 0.25) is 0 Å². The van der Waals surface area contributed by atoms with Crippen molar-refractivity contribution in [3.8, 4) is 0 Å². The minimum Gasteiger partial charge on any atom is -0.293 e. The molecule has 0 N–H and O–H groups in total. The monoisotopic (exact) mass is 283 g/mol. The van der Waals surface area contributed by atoms with Crippen LogP contribution in [0.3, 0.4) is 0 Å². The van der Waals surface area contributed by atoms with Crippen molar-refractivity contribution in [1.29, 1.82) is 0 Å². The molecule has 0 radical (unpaired) electrons. The van der Waals surface area contributed by atoms with Crippen LogP contribution in [0.1, 0.15) is 39.0 Å². The third kappa shape index (κ3) is 9.03. The lowest BCUT2D eigenvalue weighted by molar-refractivity contribution is 0.358. The van der Waals surface area contributed by atoms with Gasteiger partial charge >= 0.3 is 0 Å². The smallest absolute Gasteiger partial charge is 0.0445 e. The Morgan fingerprint density at radius 1 is 1.12 bits per heavy atom. The minimum atomic E-state index is 0. The molecule has 0 atom stereocenters. The number of rotatable bonds is 9. The first-order chi connectivity index (χ1) is 7.43. The highest BCUT2D eigenvalue weighted by Crippen LogP contribution is 2.14. The van der Waals surface area contributed by atoms with Crippen molar-refractivity contribution >= 4 is 35.9 Å². The van der Waals surface area contributed by atoms with Crippen molar-refractivity contribution in [3.63, 3.8) is 0 Å². The van der Waals surface area contributed by atoms with Gasteiger partial charge in [-0.05, 0) is 30.9 Å². The van der Waals surface area contributed by atoms with Crippen molar-refractivity contribution < 1.29 is 0 Å². The Kier molecular flexibility index (Phi) is 13.1. The van der Waals surface area contributed by atoms with Gasteiger partial charge < -0.3 is 0 Å². The quantitative estimate of drug-likeness (QED) is 0.586. The second kappa shape index (κ2) is 12.4. The van der Waals surface area contributed by atoms with Crippen LogP contribution < -0.4 is 0 Å². The Morgan fingerprint density at radius 3 is 2.62 bits per heavy atom. The zero-order chi connectivity index (χ0) is 10.8. The molecule has 1 aliphatic heterocycles. The lowest BCUT2D eigenvalue weighted by Gasteiger charge is -2.12. The maximum atomic E-state index is 2.59. The van der Waals surface area contributed by atoms with Crippen LogP contribution in [0.25, 0.3) is 0 Å². The second-order valence-electron chi connectivity index (χ2n) is 4.18. The van der Waals surface area contributed by atoms with E-state index in [4.69, 9.17) is 0 Å². The molecule has 0 saturated carbocycles. The fraction of sp³-hybridized carbons (Fsp3) is 1.00. The minimum absolute atomic E-state index is 0. The molecule has 1 aliphatic rings. The van der Waals surface area contributed by atoms with E-state index in [0.29, 0.717) is 0 Å². The number of hydrogen-bond acceptors (Lipinski definition) is 3. The van der Waals surface area contributed by atoms with Gasteiger partial charge in [0, 0.05) is 18.2 Å². The summed E-state index contributed by atoms with van der Waals surface area (Å²) in [6, 6.07) is 0. The van der Waals surface area contributed by atoms with Crippen molar-refractivity contribution in [3.05, 3.63) is 0 Å². The first kappa shape index (κ1) is 16.9. The summed E-state index contributed by atoms with van der Waals surface area (Å²) in [6.07, 6.45) is 7.03. The summed E-state index contributed by atoms with van der Waals surface area (Å²) in [5.41, 5.74) is 0. The first-order valence-corrected chi connectivity index (χ1v) is 8.62. The SMILES string of the molecule is CCCCCCSCCCN1CCSC1.Cl. The van der Waals surface area contributed by atoms with Gasteiger partial charge in [0.2, 0.25) is 0 Å². The topological polar surface area (TPSA) is 3.24 Å². The van der Waals surface area contributed by atoms with E-state index in [0.717, 1.165) is 0 Å². The lowest BCUT2D eigenvalue weighted by Crippen LogP contribution is -2.21. The molecular weight excluding hydrogens is 258 g/mol. The highest BCUT2D eigenvalue weighted by atomic mass is 35.5. The summed E-state index contributed by atoms with van der Waals surface area (Å²) < 4.78 is 0. The largest absolute Gasteiger partial charge is 0.293 e. The Morgan fingerprint density at radius 2 is 1.94 bits per heavy atom. The summed E-state index contributed by atoms with van der Waals surface area (Å²) in [6.45, 7) is 4.93. The predicted octanol–water partition coefficient (Wildman–Crippen LogP) is 4.12. The average molecular weight is 284 g/mol. The first-order valence-electron chi connectivity index (χ1n) is 6.31. The van der Waals surface area contributed by atoms with Gasteiger partial charge in [-0.3, -0.25) is 4.90 Å². The van der Waals surface area contributed by atoms with Crippen molar-refractivity contribution in [2.75, 3.05) is 36.2 Å². The van der Waals surface area contributed by atoms with E-state index in [1.165, 1.54) is 68.3 Å². The third-order valence-electron chi connectivity index (χ3n) is 2.73. The number of nitrogens with zero attached hydrogens (tertiary/aromatic N) is 1. The molecule has 1 saturated heterocycles. The molecule has 0 spiro atoms. The number of halogens is 1. The summed E-state index contributed by atoms with van der Waals surface area (Å²) in [5.74, 6) is 5.38. The molecule has 4 heteroatoms. The van der Waals surface area contributed by atoms with Crippen LogP contribution in [-0.2, 0) is 0 Å². The second-order valence-corrected chi connectivity index (χ2v) is 6.48. The molecule has 16 heavy (non-hydrogen) atoms. The molecule has 0 aromatic carbocycles. The molecule has 0 aromatic rings. The van der Waals surface area contributed by atoms with Crippen LogP contribution in [0.4, 0.5) is 0 Å². The molecular formula is C12H26ClNS2. The van der Waals surface area contributed by atoms with Crippen LogP contribution in [-0.4, -0.2) is 41.1 Å². The molecule has 0 amide bonds. The molecule has 1 rings (SSSR count). The van der Waals surface area contributed by atoms with Gasteiger partial charge in [-0.1, -0.05) is 26.2 Å². The Hall–Kier alpha value is 0.950. The summed E-state index contributed by atoms with van der Waals surface area (Å²) in [4.78, 5) is 2.59. The molecule has 98 valence electrons. The van der Waals surface area contributed by atoms with Crippen LogP contribution in [0.15, 0.2) is 0 Å². The Balaban J connectivity index is 0.00000225. The van der Waals surface area contributed by atoms with Crippen molar-refractivity contribution in [2.45, 2.75) is 39.0 Å². The van der Waals surface area contributed by atoms with Gasteiger partial charge in [0.15, 0.2) is 0 Å². The fourth-order valence-electron chi connectivity index (χ4n) is 1.75. The molecule has 1 fully saturated rings. The van der Waals surface area contributed by atoms with E-state index in [9.17, 15) is 0 Å². The third-order valence-corrected chi connectivity index (χ3v) is 4.90. The van der Waals surface area contributed by atoms with Crippen LogP contribution in [0.5, 0.6) is 0 Å². The number of hydrogen-bond donors (Lipinski definition) is 0. The maximum absolute atomic E-state index is 2.59. The average Bonchev–Trinajstić information content (AvgIpc) is 2.75. The number of thioether (sulfide) groups is 2. The molecule has 1 nitrogen and oxygen atoms in total. The standard InChI is InChI=1S/C12H25NS2.ClH/c1-2-3-4-5-9-14-10-6-7-13-8-11-15-12-13;/h2-12H2,1H3;1H. The maximum Gasteiger partial charge on any atom is 0.0445 e. The molecule has 0 aromatic heterocycles. The van der Waals surface area contributed by atoms with E-state index in [-0.39, 0.29) is 12.4 Å². The normalized spacial score (nSPS) is 16.3. The predicted molar refractivity (Wildman–Crippen MR) is 82.2 cm³/mol. The Bertz CT molecular complexity index is 141. The van der Waals surface area contributed by atoms with E-state index in [1.807, 2.05) is 0 Å². The lowest BCUT2D eigenvalue weighted by atomic mass is 10.2. The zero-order valence-electron chi connectivity index (χ0n) is 10.5. The van der Waals surface area contributed by atoms with Gasteiger partial charge in [-0.25, -0.2) is 0 Å². The van der Waals surface area contributed by atoms with E-state index in [2.05, 4.69) is 35.3 Å². The zero-order valence-corrected chi connectivity index (χ0v) is 12.9. The highest BCUT2D eigenvalue weighted by molar-refractivity contribution is 7.99. The number of unbranched alkanes of at least 4 members (excludes halogenated alkanes) is 3. The summed E-state index contributed by atoms with van der Waals surface area (Å²) >= 11 is 4.23. The van der Waals surface area contributed by atoms with E-state index in [1.54, 1.807) is 0 Å². The van der Waals surface area contributed by atoms with Gasteiger partial charge in [0.25, 0.3) is 0 Å².